The molecule has 2 aromatic rings. The average Bonchev–Trinajstić information content (AvgIpc) is 2.81. The van der Waals surface area contributed by atoms with Crippen LogP contribution >= 0.6 is 0 Å². The lowest BCUT2D eigenvalue weighted by atomic mass is 10.1. The molecule has 9 nitrogen and oxygen atoms in total. The number of anilines is 1. The number of benzene rings is 2. The van der Waals surface area contributed by atoms with Crippen molar-refractivity contribution in [2.45, 2.75) is 26.4 Å². The third kappa shape index (κ3) is 6.80. The first kappa shape index (κ1) is 24.3. The second-order valence-corrected chi connectivity index (χ2v) is 6.89. The van der Waals surface area contributed by atoms with Gasteiger partial charge in [-0.2, -0.15) is 5.26 Å². The molecule has 170 valence electrons. The molecular weight excluding hydrogens is 412 g/mol. The largest absolute Gasteiger partial charge is 0.493 e. The molecule has 0 radical (unpaired) electrons. The second-order valence-electron chi connectivity index (χ2n) is 6.89. The smallest absolute Gasteiger partial charge is 0.407 e. The van der Waals surface area contributed by atoms with Gasteiger partial charge in [0.25, 0.3) is 5.91 Å². The molecule has 0 aliphatic carbocycles. The number of carbonyl (C=O) groups excluding carboxylic acids is 2. The number of ether oxygens (including phenoxy) is 3. The first-order valence-electron chi connectivity index (χ1n) is 10.1. The quantitative estimate of drug-likeness (QED) is 0.519. The predicted octanol–water partition coefficient (Wildman–Crippen LogP) is 3.05. The maximum absolute atomic E-state index is 12.9. The van der Waals surface area contributed by atoms with Crippen molar-refractivity contribution < 1.29 is 23.8 Å². The highest BCUT2D eigenvalue weighted by atomic mass is 16.5. The van der Waals surface area contributed by atoms with Crippen LogP contribution in [0.1, 0.15) is 35.3 Å². The van der Waals surface area contributed by atoms with Gasteiger partial charge >= 0.3 is 6.09 Å². The molecule has 0 aromatic heterocycles. The Morgan fingerprint density at radius 2 is 1.81 bits per heavy atom. The van der Waals surface area contributed by atoms with Crippen molar-refractivity contribution in [2.75, 3.05) is 32.7 Å². The minimum Gasteiger partial charge on any atom is -0.493 e. The van der Waals surface area contributed by atoms with E-state index in [0.29, 0.717) is 34.9 Å². The molecule has 0 bridgehead atoms. The summed E-state index contributed by atoms with van der Waals surface area (Å²) >= 11 is 0. The molecule has 3 N–H and O–H groups in total. The summed E-state index contributed by atoms with van der Waals surface area (Å²) in [6, 6.07) is 12.1. The lowest BCUT2D eigenvalue weighted by Gasteiger charge is -2.19. The molecule has 0 spiro atoms. The number of nitrogens with zero attached hydrogens (tertiary/aromatic N) is 1. The summed E-state index contributed by atoms with van der Waals surface area (Å²) in [7, 11) is 3.10. The van der Waals surface area contributed by atoms with E-state index in [-0.39, 0.29) is 25.1 Å². The van der Waals surface area contributed by atoms with E-state index in [1.807, 2.05) is 19.1 Å². The highest BCUT2D eigenvalue weighted by molar-refractivity contribution is 6.00. The van der Waals surface area contributed by atoms with E-state index in [1.165, 1.54) is 6.07 Å². The number of hydrogen-bond donors (Lipinski definition) is 3. The van der Waals surface area contributed by atoms with Crippen molar-refractivity contribution in [1.29, 1.82) is 5.26 Å². The number of amides is 2. The van der Waals surface area contributed by atoms with Gasteiger partial charge in [0.15, 0.2) is 11.5 Å². The highest BCUT2D eigenvalue weighted by Crippen LogP contribution is 2.27. The van der Waals surface area contributed by atoms with Crippen LogP contribution in [0, 0.1) is 11.3 Å². The molecule has 32 heavy (non-hydrogen) atoms. The van der Waals surface area contributed by atoms with E-state index in [1.54, 1.807) is 45.4 Å². The topological polar surface area (TPSA) is 122 Å². The molecule has 2 aromatic carbocycles. The summed E-state index contributed by atoms with van der Waals surface area (Å²) in [6.07, 6.45) is -0.506. The third-order valence-electron chi connectivity index (χ3n) is 4.52. The van der Waals surface area contributed by atoms with E-state index in [0.717, 1.165) is 5.56 Å². The predicted molar refractivity (Wildman–Crippen MR) is 120 cm³/mol. The van der Waals surface area contributed by atoms with Gasteiger partial charge in [0.1, 0.15) is 0 Å². The Kier molecular flexibility index (Phi) is 9.17. The van der Waals surface area contributed by atoms with Crippen LogP contribution in [-0.2, 0) is 11.3 Å². The van der Waals surface area contributed by atoms with Crippen LogP contribution in [0.2, 0.25) is 0 Å². The zero-order valence-corrected chi connectivity index (χ0v) is 18.7. The van der Waals surface area contributed by atoms with E-state index in [2.05, 4.69) is 16.0 Å². The Bertz CT molecular complexity index is 987. The van der Waals surface area contributed by atoms with Gasteiger partial charge in [-0.15, -0.1) is 0 Å². The summed E-state index contributed by atoms with van der Waals surface area (Å²) in [5.41, 5.74) is 2.07. The van der Waals surface area contributed by atoms with Gasteiger partial charge in [0, 0.05) is 24.8 Å². The third-order valence-corrected chi connectivity index (χ3v) is 4.52. The fourth-order valence-electron chi connectivity index (χ4n) is 2.93. The fourth-order valence-corrected chi connectivity index (χ4v) is 2.93. The molecule has 0 saturated heterocycles. The highest BCUT2D eigenvalue weighted by Gasteiger charge is 2.15. The van der Waals surface area contributed by atoms with Crippen LogP contribution in [0.3, 0.4) is 0 Å². The minimum absolute atomic E-state index is 0.190. The Morgan fingerprint density at radius 1 is 1.06 bits per heavy atom. The maximum atomic E-state index is 12.9. The Morgan fingerprint density at radius 3 is 2.47 bits per heavy atom. The first-order valence-corrected chi connectivity index (χ1v) is 10.1. The molecule has 1 atom stereocenters. The number of nitriles is 1. The van der Waals surface area contributed by atoms with Crippen molar-refractivity contribution in [2.24, 2.45) is 0 Å². The Balaban J connectivity index is 2.11. The van der Waals surface area contributed by atoms with Crippen molar-refractivity contribution in [3.8, 4) is 17.6 Å². The van der Waals surface area contributed by atoms with Crippen LogP contribution < -0.4 is 25.4 Å². The van der Waals surface area contributed by atoms with Crippen LogP contribution in [0.25, 0.3) is 0 Å². The van der Waals surface area contributed by atoms with Crippen molar-refractivity contribution in [3.05, 3.63) is 53.1 Å². The Labute approximate surface area is 187 Å². The summed E-state index contributed by atoms with van der Waals surface area (Å²) < 4.78 is 15.4. The molecule has 1 unspecified atom stereocenters. The first-order chi connectivity index (χ1) is 15.4. The Hall–Kier alpha value is -3.93. The number of methoxy groups -OCH3 is 2. The summed E-state index contributed by atoms with van der Waals surface area (Å²) in [5.74, 6) is 0.821. The monoisotopic (exact) mass is 440 g/mol. The standard InChI is InChI=1S/C23H28N4O5/c1-5-32-23(29)26-13-15(2)27-19-8-6-16(12-24)10-18(19)22(28)25-14-17-7-9-20(30-3)21(11-17)31-4/h6-11,15,27H,5,13-14H2,1-4H3,(H,25,28)(H,26,29). The van der Waals surface area contributed by atoms with Crippen LogP contribution in [-0.4, -0.2) is 45.4 Å². The van der Waals surface area contributed by atoms with Gasteiger partial charge in [-0.25, -0.2) is 4.79 Å². The number of alkyl carbamates (subject to hydrolysis) is 1. The van der Waals surface area contributed by atoms with Gasteiger partial charge < -0.3 is 30.2 Å². The summed E-state index contributed by atoms with van der Waals surface area (Å²) in [5, 5.41) is 17.9. The zero-order chi connectivity index (χ0) is 23.5. The number of hydrogen-bond acceptors (Lipinski definition) is 7. The molecular formula is C23H28N4O5. The molecule has 0 fully saturated rings. The molecule has 0 aliphatic rings. The molecule has 0 heterocycles. The maximum Gasteiger partial charge on any atom is 0.407 e. The average molecular weight is 441 g/mol. The summed E-state index contributed by atoms with van der Waals surface area (Å²) in [6.45, 7) is 4.43. The zero-order valence-electron chi connectivity index (χ0n) is 18.7. The molecule has 2 amide bonds. The van der Waals surface area contributed by atoms with Gasteiger partial charge in [-0.05, 0) is 49.7 Å². The fraction of sp³-hybridized carbons (Fsp3) is 0.348. The van der Waals surface area contributed by atoms with Crippen LogP contribution in [0.15, 0.2) is 36.4 Å². The molecule has 0 aliphatic heterocycles. The van der Waals surface area contributed by atoms with Crippen molar-refractivity contribution in [1.82, 2.24) is 10.6 Å². The van der Waals surface area contributed by atoms with Gasteiger partial charge in [0.05, 0.1) is 38.0 Å². The lowest BCUT2D eigenvalue weighted by molar-refractivity contribution is 0.0951. The molecule has 9 heteroatoms. The van der Waals surface area contributed by atoms with E-state index < -0.39 is 6.09 Å². The second kappa shape index (κ2) is 12.1. The van der Waals surface area contributed by atoms with Gasteiger partial charge in [-0.3, -0.25) is 4.79 Å². The van der Waals surface area contributed by atoms with Gasteiger partial charge in [-0.1, -0.05) is 6.07 Å². The SMILES string of the molecule is CCOC(=O)NCC(C)Nc1ccc(C#N)cc1C(=O)NCc1ccc(OC)c(OC)c1. The lowest BCUT2D eigenvalue weighted by Crippen LogP contribution is -2.35. The van der Waals surface area contributed by atoms with E-state index >= 15 is 0 Å². The van der Waals surface area contributed by atoms with Gasteiger partial charge in [0.2, 0.25) is 0 Å². The van der Waals surface area contributed by atoms with Crippen molar-refractivity contribution >= 4 is 17.7 Å². The molecule has 0 saturated carbocycles. The van der Waals surface area contributed by atoms with E-state index in [4.69, 9.17) is 14.2 Å². The van der Waals surface area contributed by atoms with Crippen LogP contribution in [0.4, 0.5) is 10.5 Å². The van der Waals surface area contributed by atoms with Crippen LogP contribution in [0.5, 0.6) is 11.5 Å². The molecule has 2 rings (SSSR count). The minimum atomic E-state index is -0.506. The normalized spacial score (nSPS) is 11.0. The number of carbonyl (C=O) groups is 2. The number of nitrogens with one attached hydrogen (secondary N) is 3. The number of rotatable bonds is 10. The van der Waals surface area contributed by atoms with Crippen molar-refractivity contribution in [3.63, 3.8) is 0 Å². The summed E-state index contributed by atoms with van der Waals surface area (Å²) in [4.78, 5) is 24.4. The van der Waals surface area contributed by atoms with E-state index in [9.17, 15) is 14.9 Å².